The summed E-state index contributed by atoms with van der Waals surface area (Å²) in [7, 11) is 0. The van der Waals surface area contributed by atoms with Gasteiger partial charge in [-0.1, -0.05) is 0 Å². The van der Waals surface area contributed by atoms with Crippen LogP contribution in [0.3, 0.4) is 0 Å². The summed E-state index contributed by atoms with van der Waals surface area (Å²) in [4.78, 5) is 11.0. The third-order valence-electron chi connectivity index (χ3n) is 2.85. The Hall–Kier alpha value is -2.30. The number of carbonyl (C=O) groups is 1. The highest BCUT2D eigenvalue weighted by Gasteiger charge is 2.11. The molecule has 4 nitrogen and oxygen atoms in total. The van der Waals surface area contributed by atoms with Crippen LogP contribution in [0, 0.1) is 12.7 Å². The number of halogens is 1. The Balaban J connectivity index is 2.15. The van der Waals surface area contributed by atoms with Crippen LogP contribution in [0.15, 0.2) is 34.7 Å². The SMILES string of the molecule is CC(=O)Nc1cc(NC(C)c2ccc(C)o2)ccc1F. The molecule has 20 heavy (non-hydrogen) atoms. The molecule has 0 bridgehead atoms. The van der Waals surface area contributed by atoms with Crippen molar-refractivity contribution >= 4 is 17.3 Å². The van der Waals surface area contributed by atoms with E-state index in [4.69, 9.17) is 4.42 Å². The summed E-state index contributed by atoms with van der Waals surface area (Å²) in [6, 6.07) is 8.22. The molecule has 2 aromatic rings. The Morgan fingerprint density at radius 2 is 2.05 bits per heavy atom. The van der Waals surface area contributed by atoms with Crippen LogP contribution in [0.1, 0.15) is 31.4 Å². The molecule has 1 amide bonds. The van der Waals surface area contributed by atoms with Gasteiger partial charge in [0.1, 0.15) is 17.3 Å². The second kappa shape index (κ2) is 5.77. The van der Waals surface area contributed by atoms with Crippen LogP contribution in [-0.2, 0) is 4.79 Å². The average Bonchev–Trinajstić information content (AvgIpc) is 2.79. The molecule has 1 atom stereocenters. The Morgan fingerprint density at radius 3 is 2.65 bits per heavy atom. The van der Waals surface area contributed by atoms with E-state index in [9.17, 15) is 9.18 Å². The molecule has 0 aliphatic rings. The Labute approximate surface area is 117 Å². The number of rotatable bonds is 4. The highest BCUT2D eigenvalue weighted by molar-refractivity contribution is 5.89. The summed E-state index contributed by atoms with van der Waals surface area (Å²) in [6.07, 6.45) is 0. The topological polar surface area (TPSA) is 54.3 Å². The number of aryl methyl sites for hydroxylation is 1. The van der Waals surface area contributed by atoms with Crippen molar-refractivity contribution in [2.45, 2.75) is 26.8 Å². The molecule has 2 N–H and O–H groups in total. The van der Waals surface area contributed by atoms with Crippen LogP contribution in [-0.4, -0.2) is 5.91 Å². The van der Waals surface area contributed by atoms with Crippen molar-refractivity contribution in [2.24, 2.45) is 0 Å². The van der Waals surface area contributed by atoms with E-state index < -0.39 is 5.82 Å². The first-order valence-electron chi connectivity index (χ1n) is 6.35. The first-order chi connectivity index (χ1) is 9.45. The van der Waals surface area contributed by atoms with Crippen LogP contribution in [0.4, 0.5) is 15.8 Å². The van der Waals surface area contributed by atoms with E-state index in [2.05, 4.69) is 10.6 Å². The van der Waals surface area contributed by atoms with Crippen LogP contribution in [0.25, 0.3) is 0 Å². The maximum Gasteiger partial charge on any atom is 0.221 e. The number of furan rings is 1. The third-order valence-corrected chi connectivity index (χ3v) is 2.85. The molecule has 0 saturated carbocycles. The summed E-state index contributed by atoms with van der Waals surface area (Å²) in [5.74, 6) is 0.864. The van der Waals surface area contributed by atoms with E-state index in [1.165, 1.54) is 13.0 Å². The van der Waals surface area contributed by atoms with Crippen LogP contribution in [0.2, 0.25) is 0 Å². The smallest absolute Gasteiger partial charge is 0.221 e. The zero-order valence-electron chi connectivity index (χ0n) is 11.7. The molecule has 1 unspecified atom stereocenters. The van der Waals surface area contributed by atoms with Crippen LogP contribution < -0.4 is 10.6 Å². The predicted octanol–water partition coefficient (Wildman–Crippen LogP) is 3.86. The first kappa shape index (κ1) is 14.1. The maximum absolute atomic E-state index is 13.5. The summed E-state index contributed by atoms with van der Waals surface area (Å²) >= 11 is 0. The largest absolute Gasteiger partial charge is 0.464 e. The minimum Gasteiger partial charge on any atom is -0.464 e. The zero-order chi connectivity index (χ0) is 14.7. The fraction of sp³-hybridized carbons (Fsp3) is 0.267. The molecular formula is C15H17FN2O2. The number of hydrogen-bond acceptors (Lipinski definition) is 3. The average molecular weight is 276 g/mol. The lowest BCUT2D eigenvalue weighted by Gasteiger charge is -2.14. The van der Waals surface area contributed by atoms with Gasteiger partial charge in [0.25, 0.3) is 0 Å². The van der Waals surface area contributed by atoms with Crippen molar-refractivity contribution in [1.82, 2.24) is 0 Å². The lowest BCUT2D eigenvalue weighted by molar-refractivity contribution is -0.114. The van der Waals surface area contributed by atoms with E-state index in [1.807, 2.05) is 26.0 Å². The summed E-state index contributed by atoms with van der Waals surface area (Å²) < 4.78 is 19.1. The summed E-state index contributed by atoms with van der Waals surface area (Å²) in [5, 5.41) is 5.65. The van der Waals surface area contributed by atoms with Gasteiger partial charge >= 0.3 is 0 Å². The van der Waals surface area contributed by atoms with Gasteiger partial charge in [0.2, 0.25) is 5.91 Å². The third kappa shape index (κ3) is 3.38. The fourth-order valence-corrected chi connectivity index (χ4v) is 1.91. The molecule has 5 heteroatoms. The van der Waals surface area contributed by atoms with Crippen molar-refractivity contribution in [3.8, 4) is 0 Å². The van der Waals surface area contributed by atoms with Crippen LogP contribution in [0.5, 0.6) is 0 Å². The lowest BCUT2D eigenvalue weighted by Crippen LogP contribution is -2.09. The highest BCUT2D eigenvalue weighted by atomic mass is 19.1. The van der Waals surface area contributed by atoms with Gasteiger partial charge in [-0.15, -0.1) is 0 Å². The van der Waals surface area contributed by atoms with E-state index in [0.29, 0.717) is 5.69 Å². The first-order valence-corrected chi connectivity index (χ1v) is 6.35. The van der Waals surface area contributed by atoms with Crippen LogP contribution >= 0.6 is 0 Å². The molecule has 1 aromatic carbocycles. The Morgan fingerprint density at radius 1 is 1.30 bits per heavy atom. The number of hydrogen-bond donors (Lipinski definition) is 2. The molecule has 0 spiro atoms. The number of benzene rings is 1. The zero-order valence-corrected chi connectivity index (χ0v) is 11.7. The highest BCUT2D eigenvalue weighted by Crippen LogP contribution is 2.24. The fourth-order valence-electron chi connectivity index (χ4n) is 1.91. The molecule has 0 saturated heterocycles. The molecule has 106 valence electrons. The minimum absolute atomic E-state index is 0.0562. The van der Waals surface area contributed by atoms with Crippen molar-refractivity contribution in [3.05, 3.63) is 47.7 Å². The summed E-state index contributed by atoms with van der Waals surface area (Å²) in [6.45, 7) is 5.16. The molecule has 1 heterocycles. The van der Waals surface area contributed by atoms with Crippen molar-refractivity contribution in [2.75, 3.05) is 10.6 Å². The van der Waals surface area contributed by atoms with E-state index in [1.54, 1.807) is 12.1 Å². The lowest BCUT2D eigenvalue weighted by atomic mass is 10.2. The Kier molecular flexibility index (Phi) is 4.08. The second-order valence-electron chi connectivity index (χ2n) is 4.69. The quantitative estimate of drug-likeness (QED) is 0.891. The van der Waals surface area contributed by atoms with Gasteiger partial charge in [-0.25, -0.2) is 4.39 Å². The van der Waals surface area contributed by atoms with E-state index >= 15 is 0 Å². The van der Waals surface area contributed by atoms with Gasteiger partial charge in [0.05, 0.1) is 11.7 Å². The van der Waals surface area contributed by atoms with E-state index in [0.717, 1.165) is 11.5 Å². The Bertz CT molecular complexity index is 622. The second-order valence-corrected chi connectivity index (χ2v) is 4.69. The minimum atomic E-state index is -0.466. The van der Waals surface area contributed by atoms with Gasteiger partial charge in [0, 0.05) is 12.6 Å². The molecule has 0 fully saturated rings. The summed E-state index contributed by atoms with van der Waals surface area (Å²) in [5.41, 5.74) is 0.863. The number of carbonyl (C=O) groups excluding carboxylic acids is 1. The van der Waals surface area contributed by atoms with Crippen molar-refractivity contribution < 1.29 is 13.6 Å². The van der Waals surface area contributed by atoms with Crippen molar-refractivity contribution in [3.63, 3.8) is 0 Å². The van der Waals surface area contributed by atoms with Gasteiger partial charge in [-0.05, 0) is 44.2 Å². The normalized spacial score (nSPS) is 12.0. The molecule has 0 radical (unpaired) electrons. The van der Waals surface area contributed by atoms with Gasteiger partial charge in [-0.3, -0.25) is 4.79 Å². The molecule has 0 aliphatic heterocycles. The van der Waals surface area contributed by atoms with E-state index in [-0.39, 0.29) is 17.6 Å². The van der Waals surface area contributed by atoms with Gasteiger partial charge in [0.15, 0.2) is 0 Å². The maximum atomic E-state index is 13.5. The van der Waals surface area contributed by atoms with Gasteiger partial charge in [-0.2, -0.15) is 0 Å². The number of anilines is 2. The van der Waals surface area contributed by atoms with Gasteiger partial charge < -0.3 is 15.1 Å². The monoisotopic (exact) mass is 276 g/mol. The number of nitrogens with one attached hydrogen (secondary N) is 2. The molecule has 0 aliphatic carbocycles. The van der Waals surface area contributed by atoms with Crippen molar-refractivity contribution in [1.29, 1.82) is 0 Å². The molecular weight excluding hydrogens is 259 g/mol. The molecule has 2 rings (SSSR count). The predicted molar refractivity (Wildman–Crippen MR) is 76.2 cm³/mol. The number of amides is 1. The standard InChI is InChI=1S/C15H17FN2O2/c1-9-4-7-15(20-9)10(2)17-12-5-6-13(16)14(8-12)18-11(3)19/h4-8,10,17H,1-3H3,(H,18,19). The molecule has 1 aromatic heterocycles.